The van der Waals surface area contributed by atoms with Gasteiger partial charge in [0.25, 0.3) is 0 Å². The van der Waals surface area contributed by atoms with Crippen LogP contribution < -0.4 is 9.47 Å². The molecule has 6 atom stereocenters. The van der Waals surface area contributed by atoms with Crippen LogP contribution >= 0.6 is 0 Å². The molecule has 14 heteroatoms. The summed E-state index contributed by atoms with van der Waals surface area (Å²) in [6, 6.07) is 13.5. The van der Waals surface area contributed by atoms with E-state index in [1.807, 2.05) is 0 Å². The maximum atomic E-state index is 13.1. The van der Waals surface area contributed by atoms with Gasteiger partial charge < -0.3 is 59.4 Å². The highest BCUT2D eigenvalue weighted by Gasteiger charge is 2.45. The van der Waals surface area contributed by atoms with Crippen LogP contribution in [0, 0.1) is 0 Å². The van der Waals surface area contributed by atoms with E-state index in [-0.39, 0.29) is 60.9 Å². The Morgan fingerprint density at radius 3 is 2.04 bits per heavy atom. The fourth-order valence-electron chi connectivity index (χ4n) is 5.32. The van der Waals surface area contributed by atoms with Crippen LogP contribution in [0.25, 0.3) is 6.08 Å². The van der Waals surface area contributed by atoms with Gasteiger partial charge in [-0.3, -0.25) is 4.79 Å². The first-order chi connectivity index (χ1) is 23.9. The lowest BCUT2D eigenvalue weighted by atomic mass is 9.97. The van der Waals surface area contributed by atoms with E-state index in [0.29, 0.717) is 28.2 Å². The summed E-state index contributed by atoms with van der Waals surface area (Å²) in [4.78, 5) is 25.6. The van der Waals surface area contributed by atoms with Crippen molar-refractivity contribution in [2.75, 3.05) is 20.8 Å². The molecule has 50 heavy (non-hydrogen) atoms. The second kappa shape index (κ2) is 17.7. The van der Waals surface area contributed by atoms with Crippen molar-refractivity contribution in [2.45, 2.75) is 68.9 Å². The van der Waals surface area contributed by atoms with E-state index in [4.69, 9.17) is 23.7 Å². The van der Waals surface area contributed by atoms with Crippen molar-refractivity contribution in [1.29, 1.82) is 0 Å². The highest BCUT2D eigenvalue weighted by atomic mass is 16.7. The zero-order chi connectivity index (χ0) is 36.4. The van der Waals surface area contributed by atoms with Crippen molar-refractivity contribution in [2.24, 2.45) is 0 Å². The van der Waals surface area contributed by atoms with Gasteiger partial charge >= 0.3 is 5.97 Å². The molecule has 14 nitrogen and oxygen atoms in total. The zero-order valence-electron chi connectivity index (χ0n) is 27.5. The normalized spacial score (nSPS) is 21.1. The Balaban J connectivity index is 1.41. The second-order valence-electron chi connectivity index (χ2n) is 11.8. The zero-order valence-corrected chi connectivity index (χ0v) is 27.5. The van der Waals surface area contributed by atoms with Crippen LogP contribution in [0.5, 0.6) is 34.5 Å². The summed E-state index contributed by atoms with van der Waals surface area (Å²) in [6.45, 7) is -0.504. The van der Waals surface area contributed by atoms with Gasteiger partial charge in [-0.1, -0.05) is 18.2 Å². The SMILES string of the molecule is COc1ccc(/C=C/C(=O)OC[C@H]2O[C@@H](OC(CCc3ccc(O)c(O)c3)CC(=O)CCc3ccc(O)c(O)c3)[C@H](O)[C@@H](O)[C@@H]2O)cc1OC. The highest BCUT2D eigenvalue weighted by molar-refractivity contribution is 5.87. The molecule has 7 N–H and O–H groups in total. The van der Waals surface area contributed by atoms with Crippen LogP contribution in [0.4, 0.5) is 0 Å². The summed E-state index contributed by atoms with van der Waals surface area (Å²) < 4.78 is 27.5. The van der Waals surface area contributed by atoms with Gasteiger partial charge in [0, 0.05) is 18.9 Å². The Labute approximate surface area is 288 Å². The largest absolute Gasteiger partial charge is 0.504 e. The number of aliphatic hydroxyl groups excluding tert-OH is 3. The Bertz CT molecular complexity index is 1640. The topological polar surface area (TPSA) is 222 Å². The summed E-state index contributed by atoms with van der Waals surface area (Å²) in [7, 11) is 2.97. The number of aliphatic hydroxyl groups is 3. The predicted octanol–water partition coefficient (Wildman–Crippen LogP) is 2.50. The van der Waals surface area contributed by atoms with E-state index >= 15 is 0 Å². The average molecular weight is 699 g/mol. The quantitative estimate of drug-likeness (QED) is 0.0649. The van der Waals surface area contributed by atoms with Crippen molar-refractivity contribution < 1.29 is 69.0 Å². The molecule has 1 heterocycles. The molecule has 0 bridgehead atoms. The highest BCUT2D eigenvalue weighted by Crippen LogP contribution is 2.30. The number of ether oxygens (including phenoxy) is 5. The summed E-state index contributed by atoms with van der Waals surface area (Å²) in [5.74, 6) is -1.28. The van der Waals surface area contributed by atoms with Gasteiger partial charge in [0.2, 0.25) is 0 Å². The van der Waals surface area contributed by atoms with Gasteiger partial charge in [-0.05, 0) is 78.4 Å². The average Bonchev–Trinajstić information content (AvgIpc) is 3.11. The second-order valence-corrected chi connectivity index (χ2v) is 11.8. The predicted molar refractivity (Wildman–Crippen MR) is 177 cm³/mol. The fraction of sp³-hybridized carbons (Fsp3) is 0.389. The lowest BCUT2D eigenvalue weighted by Gasteiger charge is -2.41. The summed E-state index contributed by atoms with van der Waals surface area (Å²) in [6.07, 6.45) is -5.59. The molecule has 1 aliphatic heterocycles. The minimum absolute atomic E-state index is 0.0505. The van der Waals surface area contributed by atoms with Gasteiger partial charge in [0.15, 0.2) is 40.8 Å². The van der Waals surface area contributed by atoms with E-state index in [0.717, 1.165) is 6.08 Å². The van der Waals surface area contributed by atoms with E-state index in [9.17, 15) is 45.3 Å². The lowest BCUT2D eigenvalue weighted by molar-refractivity contribution is -0.311. The molecule has 0 aliphatic carbocycles. The molecule has 3 aromatic carbocycles. The Kier molecular flexibility index (Phi) is 13.4. The first kappa shape index (κ1) is 38.0. The number of Topliss-reactive ketones (excluding diaryl/α,β-unsaturated/α-hetero) is 1. The number of rotatable bonds is 16. The minimum Gasteiger partial charge on any atom is -0.504 e. The van der Waals surface area contributed by atoms with Crippen molar-refractivity contribution >= 4 is 17.8 Å². The molecule has 0 saturated carbocycles. The summed E-state index contributed by atoms with van der Waals surface area (Å²) >= 11 is 0. The maximum Gasteiger partial charge on any atom is 0.330 e. The van der Waals surface area contributed by atoms with Crippen LogP contribution in [0.2, 0.25) is 0 Å². The Morgan fingerprint density at radius 2 is 1.42 bits per heavy atom. The van der Waals surface area contributed by atoms with E-state index in [2.05, 4.69) is 0 Å². The number of phenolic OH excluding ortho intramolecular Hbond substituents is 4. The third-order valence-corrected chi connectivity index (χ3v) is 8.19. The van der Waals surface area contributed by atoms with Crippen LogP contribution in [0.3, 0.4) is 0 Å². The Morgan fingerprint density at radius 1 is 0.780 bits per heavy atom. The number of ketones is 1. The molecule has 0 amide bonds. The van der Waals surface area contributed by atoms with Crippen LogP contribution in [0.1, 0.15) is 36.0 Å². The molecule has 0 radical (unpaired) electrons. The molecule has 1 saturated heterocycles. The molecule has 1 fully saturated rings. The molecule has 1 aliphatic rings. The van der Waals surface area contributed by atoms with Crippen molar-refractivity contribution in [3.8, 4) is 34.5 Å². The fourth-order valence-corrected chi connectivity index (χ4v) is 5.32. The number of phenols is 4. The summed E-state index contributed by atoms with van der Waals surface area (Å²) in [5.41, 5.74) is 1.85. The van der Waals surface area contributed by atoms with Crippen molar-refractivity contribution in [1.82, 2.24) is 0 Å². The Hall–Kier alpha value is -4.86. The van der Waals surface area contributed by atoms with Crippen LogP contribution in [-0.2, 0) is 36.6 Å². The van der Waals surface area contributed by atoms with E-state index < -0.39 is 49.4 Å². The van der Waals surface area contributed by atoms with Crippen LogP contribution in [0.15, 0.2) is 60.7 Å². The number of benzene rings is 3. The molecule has 1 unspecified atom stereocenters. The molecule has 4 rings (SSSR count). The van der Waals surface area contributed by atoms with E-state index in [1.54, 1.807) is 30.3 Å². The van der Waals surface area contributed by atoms with Crippen molar-refractivity contribution in [3.05, 3.63) is 77.4 Å². The smallest absolute Gasteiger partial charge is 0.330 e. The third kappa shape index (κ3) is 10.3. The number of aryl methyl sites for hydroxylation is 2. The molecular weight excluding hydrogens is 656 g/mol. The molecular formula is C36H42O14. The number of methoxy groups -OCH3 is 2. The summed E-state index contributed by atoms with van der Waals surface area (Å²) in [5, 5.41) is 70.8. The molecule has 0 aromatic heterocycles. The lowest BCUT2D eigenvalue weighted by Crippen LogP contribution is -2.60. The first-order valence-electron chi connectivity index (χ1n) is 15.8. The van der Waals surface area contributed by atoms with E-state index in [1.165, 1.54) is 44.6 Å². The van der Waals surface area contributed by atoms with Gasteiger partial charge in [0.1, 0.15) is 36.8 Å². The number of carbonyl (C=O) groups excluding carboxylic acids is 2. The van der Waals surface area contributed by atoms with Gasteiger partial charge in [-0.25, -0.2) is 4.79 Å². The van der Waals surface area contributed by atoms with Gasteiger partial charge in [-0.2, -0.15) is 0 Å². The number of hydrogen-bond acceptors (Lipinski definition) is 14. The molecule has 0 spiro atoms. The standard InChI is InChI=1S/C36H42O14/c1-46-29-13-7-22(17-30(29)47-2)8-14-32(42)48-19-31-33(43)34(44)35(45)36(50-31)49-24(10-4-21-6-12-26(39)28(41)16-21)18-23(37)9-3-20-5-11-25(38)27(40)15-20/h5-8,11-17,24,31,33-36,38-41,43-45H,3-4,9-10,18-19H2,1-2H3/b14-8+/t24?,31-,33-,34+,35-,36-/m1/s1. The first-order valence-corrected chi connectivity index (χ1v) is 15.8. The number of hydrogen-bond donors (Lipinski definition) is 7. The maximum absolute atomic E-state index is 13.1. The molecule has 270 valence electrons. The van der Waals surface area contributed by atoms with Gasteiger partial charge in [-0.15, -0.1) is 0 Å². The monoisotopic (exact) mass is 698 g/mol. The minimum atomic E-state index is -1.74. The number of esters is 1. The van der Waals surface area contributed by atoms with Gasteiger partial charge in [0.05, 0.1) is 20.3 Å². The number of aromatic hydroxyl groups is 4. The third-order valence-electron chi connectivity index (χ3n) is 8.19. The number of carbonyl (C=O) groups is 2. The van der Waals surface area contributed by atoms with Crippen molar-refractivity contribution in [3.63, 3.8) is 0 Å². The molecule has 3 aromatic rings. The van der Waals surface area contributed by atoms with Crippen LogP contribution in [-0.4, -0.2) is 105 Å².